The minimum Gasteiger partial charge on any atom is -0.353 e. The Morgan fingerprint density at radius 2 is 2.04 bits per heavy atom. The lowest BCUT2D eigenvalue weighted by Crippen LogP contribution is -2.47. The summed E-state index contributed by atoms with van der Waals surface area (Å²) in [6.07, 6.45) is 10.9. The largest absolute Gasteiger partial charge is 0.353 e. The molecule has 3 aliphatic rings. The number of amides is 1. The highest BCUT2D eigenvalue weighted by Gasteiger charge is 2.36. The van der Waals surface area contributed by atoms with E-state index in [9.17, 15) is 4.79 Å². The normalized spacial score (nSPS) is 26.0. The molecule has 0 aromatic carbocycles. The number of hydrogen-bond acceptors (Lipinski definition) is 3. The van der Waals surface area contributed by atoms with Crippen LogP contribution in [0.5, 0.6) is 0 Å². The van der Waals surface area contributed by atoms with E-state index in [0.717, 1.165) is 49.8 Å². The molecule has 23 heavy (non-hydrogen) atoms. The molecule has 2 saturated carbocycles. The van der Waals surface area contributed by atoms with Gasteiger partial charge in [-0.1, -0.05) is 12.8 Å². The first-order chi connectivity index (χ1) is 11.2. The molecule has 2 aliphatic carbocycles. The summed E-state index contributed by atoms with van der Waals surface area (Å²) < 4.78 is 2.05. The van der Waals surface area contributed by atoms with Crippen molar-refractivity contribution in [3.63, 3.8) is 0 Å². The maximum atomic E-state index is 12.8. The fourth-order valence-electron chi connectivity index (χ4n) is 4.44. The number of nitrogens with one attached hydrogen (secondary N) is 1. The van der Waals surface area contributed by atoms with Crippen molar-refractivity contribution in [3.8, 4) is 0 Å². The topological polar surface area (TPSA) is 50.2 Å². The fourth-order valence-corrected chi connectivity index (χ4v) is 4.44. The number of aromatic nitrogens is 2. The van der Waals surface area contributed by atoms with E-state index in [0.29, 0.717) is 6.04 Å². The zero-order valence-corrected chi connectivity index (χ0v) is 14.1. The molecule has 0 bridgehead atoms. The minimum absolute atomic E-state index is 0.0618. The van der Waals surface area contributed by atoms with Crippen LogP contribution >= 0.6 is 0 Å². The van der Waals surface area contributed by atoms with E-state index in [2.05, 4.69) is 15.2 Å². The second-order valence-corrected chi connectivity index (χ2v) is 7.72. The van der Waals surface area contributed by atoms with Gasteiger partial charge in [0.1, 0.15) is 0 Å². The molecule has 4 rings (SSSR count). The van der Waals surface area contributed by atoms with E-state index in [1.165, 1.54) is 32.1 Å². The van der Waals surface area contributed by atoms with E-state index in [1.807, 2.05) is 17.9 Å². The van der Waals surface area contributed by atoms with E-state index in [1.54, 1.807) is 0 Å². The number of rotatable bonds is 4. The zero-order valence-electron chi connectivity index (χ0n) is 14.1. The Kier molecular flexibility index (Phi) is 4.14. The van der Waals surface area contributed by atoms with Gasteiger partial charge in [-0.3, -0.25) is 9.69 Å². The molecular formula is C18H28N4O. The molecule has 0 saturated heterocycles. The number of carbonyl (C=O) groups excluding carboxylic acids is 1. The van der Waals surface area contributed by atoms with Crippen LogP contribution in [0.15, 0.2) is 6.33 Å². The molecular weight excluding hydrogens is 288 g/mol. The van der Waals surface area contributed by atoms with Crippen LogP contribution in [0.3, 0.4) is 0 Å². The van der Waals surface area contributed by atoms with Gasteiger partial charge in [0.2, 0.25) is 5.91 Å². The van der Waals surface area contributed by atoms with Crippen molar-refractivity contribution in [2.24, 2.45) is 13.0 Å². The van der Waals surface area contributed by atoms with E-state index in [-0.39, 0.29) is 11.8 Å². The number of fused-ring (bicyclic) bond motifs is 1. The summed E-state index contributed by atoms with van der Waals surface area (Å²) >= 11 is 0. The molecule has 5 heteroatoms. The molecule has 1 aromatic rings. The van der Waals surface area contributed by atoms with Gasteiger partial charge in [0.05, 0.1) is 23.6 Å². The van der Waals surface area contributed by atoms with E-state index < -0.39 is 0 Å². The Bertz CT molecular complexity index is 572. The van der Waals surface area contributed by atoms with E-state index in [4.69, 9.17) is 0 Å². The third kappa shape index (κ3) is 3.03. The number of carbonyl (C=O) groups is 1. The standard InChI is InChI=1S/C18H28N4O/c1-21-12-19-16-11-22(9-13-5-2-3-6-13)10-15(17(16)21)18(23)20-14-7-4-8-14/h12-15H,2-11H2,1H3,(H,20,23)/t15-/m1/s1. The fraction of sp³-hybridized carbons (Fsp3) is 0.778. The Labute approximate surface area is 138 Å². The third-order valence-electron chi connectivity index (χ3n) is 5.97. The van der Waals surface area contributed by atoms with Crippen molar-refractivity contribution in [2.75, 3.05) is 13.1 Å². The second kappa shape index (κ2) is 6.27. The summed E-state index contributed by atoms with van der Waals surface area (Å²) in [6.45, 7) is 2.88. The third-order valence-corrected chi connectivity index (χ3v) is 5.97. The average molecular weight is 316 g/mol. The highest BCUT2D eigenvalue weighted by molar-refractivity contribution is 5.84. The van der Waals surface area contributed by atoms with Crippen LogP contribution < -0.4 is 5.32 Å². The first-order valence-electron chi connectivity index (χ1n) is 9.23. The smallest absolute Gasteiger partial charge is 0.230 e. The average Bonchev–Trinajstić information content (AvgIpc) is 3.12. The van der Waals surface area contributed by atoms with Crippen molar-refractivity contribution in [1.82, 2.24) is 19.8 Å². The van der Waals surface area contributed by atoms with Crippen LogP contribution in [0, 0.1) is 5.92 Å². The van der Waals surface area contributed by atoms with Crippen LogP contribution in [0.25, 0.3) is 0 Å². The second-order valence-electron chi connectivity index (χ2n) is 7.72. The van der Waals surface area contributed by atoms with Gasteiger partial charge in [-0.25, -0.2) is 4.98 Å². The van der Waals surface area contributed by atoms with Crippen molar-refractivity contribution in [3.05, 3.63) is 17.7 Å². The van der Waals surface area contributed by atoms with Crippen LogP contribution in [0.1, 0.15) is 62.3 Å². The summed E-state index contributed by atoms with van der Waals surface area (Å²) in [4.78, 5) is 19.9. The highest BCUT2D eigenvalue weighted by Crippen LogP contribution is 2.32. The zero-order chi connectivity index (χ0) is 15.8. The summed E-state index contributed by atoms with van der Waals surface area (Å²) in [5, 5.41) is 3.25. The summed E-state index contributed by atoms with van der Waals surface area (Å²) in [5.41, 5.74) is 2.23. The van der Waals surface area contributed by atoms with Crippen molar-refractivity contribution in [1.29, 1.82) is 0 Å². The summed E-state index contributed by atoms with van der Waals surface area (Å²) in [6, 6.07) is 0.407. The molecule has 126 valence electrons. The number of hydrogen-bond donors (Lipinski definition) is 1. The Morgan fingerprint density at radius 3 is 2.74 bits per heavy atom. The SMILES string of the molecule is Cn1cnc2c1[C@H](C(=O)NC1CCC1)CN(CC1CCCC1)C2. The maximum Gasteiger partial charge on any atom is 0.230 e. The highest BCUT2D eigenvalue weighted by atomic mass is 16.2. The van der Waals surface area contributed by atoms with Gasteiger partial charge in [-0.15, -0.1) is 0 Å². The molecule has 1 N–H and O–H groups in total. The maximum absolute atomic E-state index is 12.8. The number of nitrogens with zero attached hydrogens (tertiary/aromatic N) is 3. The number of aryl methyl sites for hydroxylation is 1. The Morgan fingerprint density at radius 1 is 1.26 bits per heavy atom. The molecule has 5 nitrogen and oxygen atoms in total. The predicted molar refractivity (Wildman–Crippen MR) is 89.0 cm³/mol. The lowest BCUT2D eigenvalue weighted by molar-refractivity contribution is -0.124. The van der Waals surface area contributed by atoms with Crippen LogP contribution in [-0.2, 0) is 18.4 Å². The molecule has 1 aliphatic heterocycles. The quantitative estimate of drug-likeness (QED) is 0.926. The van der Waals surface area contributed by atoms with Gasteiger partial charge in [0.25, 0.3) is 0 Å². The molecule has 1 atom stereocenters. The Hall–Kier alpha value is -1.36. The van der Waals surface area contributed by atoms with Gasteiger partial charge in [-0.2, -0.15) is 0 Å². The van der Waals surface area contributed by atoms with E-state index >= 15 is 0 Å². The predicted octanol–water partition coefficient (Wildman–Crippen LogP) is 2.18. The molecule has 0 radical (unpaired) electrons. The molecule has 0 spiro atoms. The monoisotopic (exact) mass is 316 g/mol. The van der Waals surface area contributed by atoms with Crippen molar-refractivity contribution >= 4 is 5.91 Å². The Balaban J connectivity index is 1.50. The van der Waals surface area contributed by atoms with Crippen LogP contribution in [0.4, 0.5) is 0 Å². The first kappa shape index (κ1) is 15.2. The lowest BCUT2D eigenvalue weighted by Gasteiger charge is -2.35. The van der Waals surface area contributed by atoms with Crippen LogP contribution in [0.2, 0.25) is 0 Å². The van der Waals surface area contributed by atoms with Gasteiger partial charge in [0.15, 0.2) is 0 Å². The number of imidazole rings is 1. The molecule has 1 amide bonds. The molecule has 0 unspecified atom stereocenters. The van der Waals surface area contributed by atoms with Crippen molar-refractivity contribution < 1.29 is 4.79 Å². The lowest BCUT2D eigenvalue weighted by atomic mass is 9.90. The van der Waals surface area contributed by atoms with Gasteiger partial charge < -0.3 is 9.88 Å². The van der Waals surface area contributed by atoms with Crippen LogP contribution in [-0.4, -0.2) is 39.5 Å². The summed E-state index contributed by atoms with van der Waals surface area (Å²) in [7, 11) is 2.02. The van der Waals surface area contributed by atoms with Crippen molar-refractivity contribution in [2.45, 2.75) is 63.5 Å². The molecule has 2 heterocycles. The minimum atomic E-state index is -0.0618. The van der Waals surface area contributed by atoms with Gasteiger partial charge >= 0.3 is 0 Å². The summed E-state index contributed by atoms with van der Waals surface area (Å²) in [5.74, 6) is 0.958. The first-order valence-corrected chi connectivity index (χ1v) is 9.23. The van der Waals surface area contributed by atoms with Gasteiger partial charge in [-0.05, 0) is 38.0 Å². The van der Waals surface area contributed by atoms with Gasteiger partial charge in [0, 0.05) is 32.7 Å². The molecule has 2 fully saturated rings. The molecule has 1 aromatic heterocycles.